The first-order valence-corrected chi connectivity index (χ1v) is 15.4. The molecule has 0 aromatic heterocycles. The van der Waals surface area contributed by atoms with E-state index in [0.29, 0.717) is 24.1 Å². The number of carbonyl (C=O) groups is 2. The fourth-order valence-electron chi connectivity index (χ4n) is 4.12. The Balaban J connectivity index is 2.04. The van der Waals surface area contributed by atoms with Gasteiger partial charge in [0.2, 0.25) is 11.8 Å². The lowest BCUT2D eigenvalue weighted by Crippen LogP contribution is -2.53. The molecule has 10 heteroatoms. The van der Waals surface area contributed by atoms with Crippen LogP contribution in [-0.2, 0) is 26.2 Å². The van der Waals surface area contributed by atoms with Gasteiger partial charge >= 0.3 is 0 Å². The summed E-state index contributed by atoms with van der Waals surface area (Å²) in [6, 6.07) is 17.7. The molecular weight excluding hydrogens is 597 g/mol. The van der Waals surface area contributed by atoms with Crippen LogP contribution in [0, 0.1) is 12.7 Å². The molecule has 0 radical (unpaired) electrons. The topological polar surface area (TPSA) is 86.8 Å². The number of aryl methyl sites for hydroxylation is 1. The molecule has 3 aromatic carbocycles. The first kappa shape index (κ1) is 31.3. The number of sulfonamides is 1. The Bertz CT molecular complexity index is 1400. The number of hydrogen-bond acceptors (Lipinski definition) is 4. The molecule has 3 aromatic rings. The van der Waals surface area contributed by atoms with E-state index >= 15 is 0 Å². The predicted octanol–water partition coefficient (Wildman–Crippen LogP) is 5.81. The third-order valence-corrected chi connectivity index (χ3v) is 8.97. The molecule has 0 heterocycles. The van der Waals surface area contributed by atoms with Crippen LogP contribution >= 0.6 is 15.9 Å². The molecule has 0 unspecified atom stereocenters. The molecule has 2 atom stereocenters. The quantitative estimate of drug-likeness (QED) is 0.273. The molecule has 0 saturated heterocycles. The van der Waals surface area contributed by atoms with Gasteiger partial charge < -0.3 is 10.2 Å². The highest BCUT2D eigenvalue weighted by molar-refractivity contribution is 9.10. The standard InChI is InChI=1S/C30H35BrFN3O4S/c1-5-22(4)33-30(37)28(6-2)34(19-23-9-13-25(32)14-10-23)29(36)20-35(26-15-11-24(31)12-16-26)40(38,39)27-17-7-21(3)8-18-27/h7-18,22,28H,5-6,19-20H2,1-4H3,(H,33,37)/t22-,28+/m1/s1. The molecule has 0 fully saturated rings. The van der Waals surface area contributed by atoms with Crippen molar-refractivity contribution < 1.29 is 22.4 Å². The molecule has 40 heavy (non-hydrogen) atoms. The van der Waals surface area contributed by atoms with Crippen LogP contribution in [0.4, 0.5) is 10.1 Å². The largest absolute Gasteiger partial charge is 0.352 e. The molecule has 0 bridgehead atoms. The summed E-state index contributed by atoms with van der Waals surface area (Å²) >= 11 is 3.37. The van der Waals surface area contributed by atoms with Gasteiger partial charge in [0, 0.05) is 17.1 Å². The lowest BCUT2D eigenvalue weighted by molar-refractivity contribution is -0.140. The Hall–Kier alpha value is -3.24. The lowest BCUT2D eigenvalue weighted by atomic mass is 10.1. The summed E-state index contributed by atoms with van der Waals surface area (Å²) in [5.41, 5.74) is 1.81. The van der Waals surface area contributed by atoms with Gasteiger partial charge in [-0.3, -0.25) is 13.9 Å². The molecular formula is C30H35BrFN3O4S. The van der Waals surface area contributed by atoms with Crippen molar-refractivity contribution in [2.45, 2.75) is 64.1 Å². The molecule has 214 valence electrons. The van der Waals surface area contributed by atoms with Crippen molar-refractivity contribution in [3.05, 3.63) is 94.2 Å². The highest BCUT2D eigenvalue weighted by atomic mass is 79.9. The Morgan fingerprint density at radius 3 is 2.08 bits per heavy atom. The molecule has 0 saturated carbocycles. The highest BCUT2D eigenvalue weighted by Crippen LogP contribution is 2.26. The molecule has 0 aliphatic carbocycles. The first-order chi connectivity index (χ1) is 19.0. The average Bonchev–Trinajstić information content (AvgIpc) is 2.93. The van der Waals surface area contributed by atoms with Crippen molar-refractivity contribution >= 4 is 43.5 Å². The number of rotatable bonds is 12. The summed E-state index contributed by atoms with van der Waals surface area (Å²) in [7, 11) is -4.15. The zero-order valence-electron chi connectivity index (χ0n) is 23.1. The molecule has 7 nitrogen and oxygen atoms in total. The van der Waals surface area contributed by atoms with Crippen molar-refractivity contribution in [1.82, 2.24) is 10.2 Å². The Labute approximate surface area is 244 Å². The Kier molecular flexibility index (Phi) is 10.9. The number of benzene rings is 3. The number of hydrogen-bond donors (Lipinski definition) is 1. The summed E-state index contributed by atoms with van der Waals surface area (Å²) < 4.78 is 43.1. The molecule has 3 rings (SSSR count). The monoisotopic (exact) mass is 631 g/mol. The molecule has 0 aliphatic heterocycles. The van der Waals surface area contributed by atoms with E-state index in [0.717, 1.165) is 14.3 Å². The predicted molar refractivity (Wildman–Crippen MR) is 159 cm³/mol. The summed E-state index contributed by atoms with van der Waals surface area (Å²) in [5, 5.41) is 2.93. The second-order valence-electron chi connectivity index (χ2n) is 9.69. The average molecular weight is 633 g/mol. The van der Waals surface area contributed by atoms with Gasteiger partial charge in [-0.1, -0.05) is 59.6 Å². The van der Waals surface area contributed by atoms with Gasteiger partial charge in [-0.05, 0) is 80.8 Å². The van der Waals surface area contributed by atoms with Crippen LogP contribution < -0.4 is 9.62 Å². The lowest BCUT2D eigenvalue weighted by Gasteiger charge is -2.33. The third-order valence-electron chi connectivity index (χ3n) is 6.66. The maximum Gasteiger partial charge on any atom is 0.264 e. The molecule has 2 amide bonds. The highest BCUT2D eigenvalue weighted by Gasteiger charge is 2.34. The van der Waals surface area contributed by atoms with Crippen molar-refractivity contribution in [2.24, 2.45) is 0 Å². The summed E-state index contributed by atoms with van der Waals surface area (Å²) in [5.74, 6) is -1.31. The van der Waals surface area contributed by atoms with E-state index in [-0.39, 0.29) is 23.4 Å². The van der Waals surface area contributed by atoms with Gasteiger partial charge in [0.15, 0.2) is 0 Å². The zero-order chi connectivity index (χ0) is 29.4. The maximum absolute atomic E-state index is 14.0. The van der Waals surface area contributed by atoms with Crippen LogP contribution in [0.15, 0.2) is 82.2 Å². The second kappa shape index (κ2) is 13.9. The molecule has 0 aliphatic rings. The minimum atomic E-state index is -4.15. The van der Waals surface area contributed by atoms with E-state index in [1.54, 1.807) is 55.5 Å². The maximum atomic E-state index is 14.0. The van der Waals surface area contributed by atoms with Crippen LogP contribution in [0.2, 0.25) is 0 Å². The normalized spacial score (nSPS) is 12.8. The van der Waals surface area contributed by atoms with Crippen molar-refractivity contribution in [3.8, 4) is 0 Å². The van der Waals surface area contributed by atoms with E-state index in [2.05, 4.69) is 21.2 Å². The third kappa shape index (κ3) is 7.91. The van der Waals surface area contributed by atoms with E-state index in [9.17, 15) is 22.4 Å². The number of carbonyl (C=O) groups excluding carboxylic acids is 2. The van der Waals surface area contributed by atoms with Gasteiger partial charge in [-0.2, -0.15) is 0 Å². The van der Waals surface area contributed by atoms with E-state index in [4.69, 9.17) is 0 Å². The van der Waals surface area contributed by atoms with Gasteiger partial charge in [0.25, 0.3) is 10.0 Å². The van der Waals surface area contributed by atoms with Crippen LogP contribution in [-0.4, -0.2) is 43.8 Å². The SMILES string of the molecule is CC[C@@H](C)NC(=O)[C@H](CC)N(Cc1ccc(F)cc1)C(=O)CN(c1ccc(Br)cc1)S(=O)(=O)c1ccc(C)cc1. The van der Waals surface area contributed by atoms with E-state index < -0.39 is 34.3 Å². The van der Waals surface area contributed by atoms with Gasteiger partial charge in [0.05, 0.1) is 10.6 Å². The molecule has 0 spiro atoms. The number of nitrogens with one attached hydrogen (secondary N) is 1. The van der Waals surface area contributed by atoms with Crippen molar-refractivity contribution in [3.63, 3.8) is 0 Å². The van der Waals surface area contributed by atoms with Crippen molar-refractivity contribution in [2.75, 3.05) is 10.8 Å². The summed E-state index contributed by atoms with van der Waals surface area (Å²) in [6.45, 7) is 6.94. The summed E-state index contributed by atoms with van der Waals surface area (Å²) in [6.07, 6.45) is 1.01. The summed E-state index contributed by atoms with van der Waals surface area (Å²) in [4.78, 5) is 28.7. The van der Waals surface area contributed by atoms with Gasteiger partial charge in [-0.25, -0.2) is 12.8 Å². The van der Waals surface area contributed by atoms with Crippen LogP contribution in [0.5, 0.6) is 0 Å². The first-order valence-electron chi connectivity index (χ1n) is 13.2. The number of nitrogens with zero attached hydrogens (tertiary/aromatic N) is 2. The van der Waals surface area contributed by atoms with Crippen LogP contribution in [0.1, 0.15) is 44.7 Å². The fourth-order valence-corrected chi connectivity index (χ4v) is 5.80. The number of amides is 2. The van der Waals surface area contributed by atoms with E-state index in [1.165, 1.54) is 29.2 Å². The van der Waals surface area contributed by atoms with Crippen LogP contribution in [0.3, 0.4) is 0 Å². The van der Waals surface area contributed by atoms with Crippen LogP contribution in [0.25, 0.3) is 0 Å². The van der Waals surface area contributed by atoms with Gasteiger partial charge in [0.1, 0.15) is 18.4 Å². The minimum absolute atomic E-state index is 0.00427. The van der Waals surface area contributed by atoms with Gasteiger partial charge in [-0.15, -0.1) is 0 Å². The second-order valence-corrected chi connectivity index (χ2v) is 12.5. The van der Waals surface area contributed by atoms with Crippen molar-refractivity contribution in [1.29, 1.82) is 0 Å². The number of anilines is 1. The molecule has 1 N–H and O–H groups in total. The fraction of sp³-hybridized carbons (Fsp3) is 0.333. The Morgan fingerprint density at radius 1 is 0.925 bits per heavy atom. The Morgan fingerprint density at radius 2 is 1.52 bits per heavy atom. The van der Waals surface area contributed by atoms with E-state index in [1.807, 2.05) is 20.8 Å². The number of halogens is 2. The smallest absolute Gasteiger partial charge is 0.264 e. The minimum Gasteiger partial charge on any atom is -0.352 e. The zero-order valence-corrected chi connectivity index (χ0v) is 25.5.